The molecule has 8 nitrogen and oxygen atoms in total. The number of nitrogens with two attached hydrogens (primary N) is 2. The number of aliphatic imine (C=N–C) groups is 1. The van der Waals surface area contributed by atoms with Gasteiger partial charge in [-0.05, 0) is 35.9 Å². The van der Waals surface area contributed by atoms with E-state index in [-0.39, 0.29) is 18.3 Å². The third kappa shape index (κ3) is 6.35. The number of nitrogens with one attached hydrogen (secondary N) is 2. The molecule has 32 heavy (non-hydrogen) atoms. The fourth-order valence-electron chi connectivity index (χ4n) is 2.61. The van der Waals surface area contributed by atoms with Crippen LogP contribution in [-0.2, 0) is 4.79 Å². The van der Waals surface area contributed by atoms with Gasteiger partial charge in [0.05, 0.1) is 17.5 Å². The van der Waals surface area contributed by atoms with Crippen LogP contribution in [0.1, 0.15) is 11.8 Å². The summed E-state index contributed by atoms with van der Waals surface area (Å²) < 4.78 is 0. The van der Waals surface area contributed by atoms with E-state index in [0.29, 0.717) is 20.7 Å². The van der Waals surface area contributed by atoms with E-state index < -0.39 is 0 Å². The number of carbonyl (C=O) groups excluding carboxylic acids is 1. The maximum absolute atomic E-state index is 11.5. The molecule has 1 aromatic carbocycles. The number of benzene rings is 1. The number of aromatic nitrogens is 1. The van der Waals surface area contributed by atoms with Crippen LogP contribution in [0.25, 0.3) is 21.6 Å². The molecule has 6 N–H and O–H groups in total. The van der Waals surface area contributed by atoms with Gasteiger partial charge in [-0.1, -0.05) is 29.3 Å². The Kier molecular flexibility index (Phi) is 9.31. The molecule has 2 aromatic heterocycles. The van der Waals surface area contributed by atoms with Crippen LogP contribution < -0.4 is 16.8 Å². The van der Waals surface area contributed by atoms with Crippen LogP contribution >= 0.6 is 34.5 Å². The summed E-state index contributed by atoms with van der Waals surface area (Å²) >= 11 is 13.8. The second-order valence-electron chi connectivity index (χ2n) is 6.03. The first-order chi connectivity index (χ1) is 15.3. The Bertz CT molecular complexity index is 1200. The van der Waals surface area contributed by atoms with Gasteiger partial charge in [0.1, 0.15) is 18.0 Å². The number of carbonyl (C=O) groups is 1. The van der Waals surface area contributed by atoms with Gasteiger partial charge < -0.3 is 16.8 Å². The van der Waals surface area contributed by atoms with Gasteiger partial charge in [-0.2, -0.15) is 5.26 Å². The van der Waals surface area contributed by atoms with Crippen LogP contribution in [0.4, 0.5) is 5.82 Å². The van der Waals surface area contributed by atoms with Crippen LogP contribution in [-0.4, -0.2) is 29.6 Å². The highest BCUT2D eigenvalue weighted by Gasteiger charge is 2.18. The minimum atomic E-state index is -0.336. The highest BCUT2D eigenvalue weighted by atomic mass is 35.5. The molecule has 3 rings (SSSR count). The number of nitrogens with zero attached hydrogens (tertiary/aromatic N) is 3. The molecule has 2 heterocycles. The molecule has 3 aromatic rings. The lowest BCUT2D eigenvalue weighted by molar-refractivity contribution is -0.114. The average Bonchev–Trinajstić information content (AvgIpc) is 3.20. The first-order valence-corrected chi connectivity index (χ1v) is 10.6. The molecule has 0 bridgehead atoms. The quantitative estimate of drug-likeness (QED) is 0.297. The lowest BCUT2D eigenvalue weighted by Gasteiger charge is -2.06. The fraction of sp³-hybridized carbons (Fsp3) is 0.0952. The molecule has 0 aliphatic heterocycles. The van der Waals surface area contributed by atoms with E-state index in [9.17, 15) is 4.79 Å². The van der Waals surface area contributed by atoms with E-state index in [1.807, 2.05) is 12.1 Å². The lowest BCUT2D eigenvalue weighted by Crippen LogP contribution is -2.22. The van der Waals surface area contributed by atoms with E-state index in [4.69, 9.17) is 45.3 Å². The number of thiophene rings is 1. The number of hydrogen-bond acceptors (Lipinski definition) is 6. The van der Waals surface area contributed by atoms with Crippen molar-refractivity contribution in [1.29, 1.82) is 10.7 Å². The predicted octanol–water partition coefficient (Wildman–Crippen LogP) is 4.52. The van der Waals surface area contributed by atoms with Crippen molar-refractivity contribution < 1.29 is 4.79 Å². The number of rotatable bonds is 6. The predicted molar refractivity (Wildman–Crippen MR) is 131 cm³/mol. The first kappa shape index (κ1) is 25.0. The first-order valence-electron chi connectivity index (χ1n) is 9.03. The van der Waals surface area contributed by atoms with Crippen LogP contribution in [0, 0.1) is 16.7 Å². The Balaban J connectivity index is 0.00000114. The summed E-state index contributed by atoms with van der Waals surface area (Å²) in [4.78, 5) is 21.1. The zero-order chi connectivity index (χ0) is 23.7. The zero-order valence-electron chi connectivity index (χ0n) is 16.9. The van der Waals surface area contributed by atoms with Crippen molar-refractivity contribution in [3.05, 3.63) is 57.5 Å². The fourth-order valence-corrected chi connectivity index (χ4v) is 4.19. The standard InChI is InChI=1S/C19H16Cl2N6OS.C2H3N/c20-11-1-2-12(14(21)6-11)13-7-15(29-18(13)19(24)26-9-23)10-3-4-25-16(5-10)27-17(28)8-22;1-2-3/h1-7,9H,8,22H2,(H3,23,24,26)(H,25,27,28);1H3. The molecule has 0 atom stereocenters. The molecule has 0 aliphatic rings. The van der Waals surface area contributed by atoms with Gasteiger partial charge in [0.2, 0.25) is 5.91 Å². The number of amides is 1. The van der Waals surface area contributed by atoms with Crippen molar-refractivity contribution in [1.82, 2.24) is 4.98 Å². The SMILES string of the molecule is CC#N.N=CN=C(N)c1sc(-c2ccnc(NC(=O)CN)c2)cc1-c1ccc(Cl)cc1Cl. The second kappa shape index (κ2) is 11.9. The summed E-state index contributed by atoms with van der Waals surface area (Å²) in [5.41, 5.74) is 13.7. The summed E-state index contributed by atoms with van der Waals surface area (Å²) in [5, 5.41) is 18.2. The molecule has 0 saturated carbocycles. The van der Waals surface area contributed by atoms with Crippen LogP contribution in [0.15, 0.2) is 47.6 Å². The van der Waals surface area contributed by atoms with Crippen molar-refractivity contribution in [2.24, 2.45) is 16.5 Å². The molecule has 0 fully saturated rings. The van der Waals surface area contributed by atoms with Gasteiger partial charge in [-0.25, -0.2) is 9.98 Å². The molecule has 0 aliphatic carbocycles. The summed E-state index contributed by atoms with van der Waals surface area (Å²) in [6.07, 6.45) is 2.47. The van der Waals surface area contributed by atoms with Crippen molar-refractivity contribution in [3.63, 3.8) is 0 Å². The molecule has 164 valence electrons. The second-order valence-corrected chi connectivity index (χ2v) is 7.92. The summed E-state index contributed by atoms with van der Waals surface area (Å²) in [6.45, 7) is 1.30. The van der Waals surface area contributed by atoms with Crippen molar-refractivity contribution in [3.8, 4) is 27.6 Å². The molecular weight excluding hydrogens is 469 g/mol. The van der Waals surface area contributed by atoms with Crippen LogP contribution in [0.3, 0.4) is 0 Å². The number of amidine groups is 1. The Morgan fingerprint density at radius 1 is 1.31 bits per heavy atom. The molecule has 0 spiro atoms. The molecule has 0 saturated heterocycles. The number of pyridine rings is 1. The molecule has 0 radical (unpaired) electrons. The molecule has 11 heteroatoms. The highest BCUT2D eigenvalue weighted by Crippen LogP contribution is 2.40. The van der Waals surface area contributed by atoms with Gasteiger partial charge in [0.25, 0.3) is 0 Å². The number of halogens is 2. The lowest BCUT2D eigenvalue weighted by atomic mass is 10.0. The monoisotopic (exact) mass is 487 g/mol. The van der Waals surface area contributed by atoms with Crippen LogP contribution in [0.5, 0.6) is 0 Å². The highest BCUT2D eigenvalue weighted by molar-refractivity contribution is 7.18. The largest absolute Gasteiger partial charge is 0.382 e. The minimum absolute atomic E-state index is 0.134. The van der Waals surface area contributed by atoms with Crippen molar-refractivity contribution >= 4 is 58.4 Å². The maximum atomic E-state index is 11.5. The van der Waals surface area contributed by atoms with Gasteiger partial charge in [-0.3, -0.25) is 10.2 Å². The van der Waals surface area contributed by atoms with E-state index in [0.717, 1.165) is 27.9 Å². The van der Waals surface area contributed by atoms with Gasteiger partial charge in [0.15, 0.2) is 0 Å². The Morgan fingerprint density at radius 3 is 2.66 bits per heavy atom. The third-order valence-electron chi connectivity index (χ3n) is 3.89. The van der Waals surface area contributed by atoms with Gasteiger partial charge >= 0.3 is 0 Å². The smallest absolute Gasteiger partial charge is 0.239 e. The third-order valence-corrected chi connectivity index (χ3v) is 5.64. The van der Waals surface area contributed by atoms with Crippen molar-refractivity contribution in [2.75, 3.05) is 11.9 Å². The normalized spacial score (nSPS) is 10.5. The summed E-state index contributed by atoms with van der Waals surface area (Å²) in [5.74, 6) is 0.251. The van der Waals surface area contributed by atoms with E-state index in [1.165, 1.54) is 18.3 Å². The van der Waals surface area contributed by atoms with Gasteiger partial charge in [-0.15, -0.1) is 11.3 Å². The maximum Gasteiger partial charge on any atom is 0.239 e. The molecule has 1 amide bonds. The molecule has 0 unspecified atom stereocenters. The Morgan fingerprint density at radius 2 is 2.03 bits per heavy atom. The molecular formula is C21H19Cl2N7OS. The number of hydrogen-bond donors (Lipinski definition) is 4. The van der Waals surface area contributed by atoms with Gasteiger partial charge in [0, 0.05) is 39.2 Å². The number of nitriles is 1. The topological polar surface area (TPSA) is 154 Å². The van der Waals surface area contributed by atoms with E-state index in [1.54, 1.807) is 36.5 Å². The Labute approximate surface area is 199 Å². The zero-order valence-corrected chi connectivity index (χ0v) is 19.2. The number of anilines is 1. The van der Waals surface area contributed by atoms with E-state index >= 15 is 0 Å². The van der Waals surface area contributed by atoms with Crippen molar-refractivity contribution in [2.45, 2.75) is 6.92 Å². The van der Waals surface area contributed by atoms with Crippen LogP contribution in [0.2, 0.25) is 10.0 Å². The Hall–Kier alpha value is -3.29. The summed E-state index contributed by atoms with van der Waals surface area (Å²) in [7, 11) is 0. The average molecular weight is 488 g/mol. The minimum Gasteiger partial charge on any atom is -0.382 e. The summed E-state index contributed by atoms with van der Waals surface area (Å²) in [6, 6.07) is 12.4. The van der Waals surface area contributed by atoms with E-state index in [2.05, 4.69) is 15.3 Å².